The fourth-order valence-electron chi connectivity index (χ4n) is 1.55. The minimum atomic E-state index is -0.487. The van der Waals surface area contributed by atoms with Gasteiger partial charge in [-0.15, -0.1) is 0 Å². The summed E-state index contributed by atoms with van der Waals surface area (Å²) in [6, 6.07) is 11.6. The molecule has 102 valence electrons. The molecule has 1 atom stereocenters. The molecule has 0 aliphatic rings. The summed E-state index contributed by atoms with van der Waals surface area (Å²) < 4.78 is 5.30. The predicted molar refractivity (Wildman–Crippen MR) is 73.2 cm³/mol. The number of nitrogens with one attached hydrogen (secondary N) is 1. The van der Waals surface area contributed by atoms with Gasteiger partial charge in [-0.05, 0) is 5.56 Å². The molecule has 0 fully saturated rings. The standard InChI is InChI=1S/C15H20N2O2/c1-15(2,3)13(9-10-16)19-14(18)17-11-12-7-5-4-6-8-12/h4-8,13H,9,11H2,1-3H3,(H,17,18). The summed E-state index contributed by atoms with van der Waals surface area (Å²) in [5.74, 6) is 0. The lowest BCUT2D eigenvalue weighted by Gasteiger charge is -2.28. The van der Waals surface area contributed by atoms with Gasteiger partial charge in [0.25, 0.3) is 0 Å². The molecule has 19 heavy (non-hydrogen) atoms. The number of nitriles is 1. The highest BCUT2D eigenvalue weighted by atomic mass is 16.6. The van der Waals surface area contributed by atoms with Crippen molar-refractivity contribution in [2.75, 3.05) is 0 Å². The first-order valence-electron chi connectivity index (χ1n) is 6.29. The lowest BCUT2D eigenvalue weighted by molar-refractivity contribution is 0.0343. The Bertz CT molecular complexity index is 443. The van der Waals surface area contributed by atoms with E-state index in [9.17, 15) is 4.79 Å². The third-order valence-electron chi connectivity index (χ3n) is 2.77. The molecule has 1 N–H and O–H groups in total. The van der Waals surface area contributed by atoms with Crippen molar-refractivity contribution in [3.63, 3.8) is 0 Å². The minimum Gasteiger partial charge on any atom is -0.445 e. The second-order valence-corrected chi connectivity index (χ2v) is 5.46. The Hall–Kier alpha value is -2.02. The lowest BCUT2D eigenvalue weighted by atomic mass is 9.87. The third-order valence-corrected chi connectivity index (χ3v) is 2.77. The summed E-state index contributed by atoms with van der Waals surface area (Å²) in [5, 5.41) is 11.4. The van der Waals surface area contributed by atoms with Gasteiger partial charge < -0.3 is 10.1 Å². The molecule has 0 heterocycles. The van der Waals surface area contributed by atoms with Crippen LogP contribution in [0.15, 0.2) is 30.3 Å². The van der Waals surface area contributed by atoms with Crippen molar-refractivity contribution < 1.29 is 9.53 Å². The minimum absolute atomic E-state index is 0.197. The fourth-order valence-corrected chi connectivity index (χ4v) is 1.55. The Balaban J connectivity index is 2.48. The summed E-state index contributed by atoms with van der Waals surface area (Å²) in [7, 11) is 0. The van der Waals surface area contributed by atoms with Gasteiger partial charge in [0.15, 0.2) is 0 Å². The van der Waals surface area contributed by atoms with Gasteiger partial charge in [0, 0.05) is 12.0 Å². The number of carbonyl (C=O) groups is 1. The average molecular weight is 260 g/mol. The molecule has 0 spiro atoms. The molecule has 0 saturated heterocycles. The number of ether oxygens (including phenoxy) is 1. The zero-order valence-electron chi connectivity index (χ0n) is 11.6. The number of benzene rings is 1. The lowest BCUT2D eigenvalue weighted by Crippen LogP contribution is -2.35. The Morgan fingerprint density at radius 1 is 1.37 bits per heavy atom. The molecule has 0 aliphatic heterocycles. The van der Waals surface area contributed by atoms with Crippen LogP contribution in [-0.4, -0.2) is 12.2 Å². The molecule has 0 bridgehead atoms. The van der Waals surface area contributed by atoms with E-state index in [0.717, 1.165) is 5.56 Å². The number of hydrogen-bond acceptors (Lipinski definition) is 3. The maximum atomic E-state index is 11.7. The first-order chi connectivity index (χ1) is 8.93. The van der Waals surface area contributed by atoms with E-state index in [2.05, 4.69) is 5.32 Å². The SMILES string of the molecule is CC(C)(C)C(CC#N)OC(=O)NCc1ccccc1. The summed E-state index contributed by atoms with van der Waals surface area (Å²) in [4.78, 5) is 11.7. The molecule has 0 saturated carbocycles. The number of alkyl carbamates (subject to hydrolysis) is 1. The largest absolute Gasteiger partial charge is 0.445 e. The molecule has 1 unspecified atom stereocenters. The Kier molecular flexibility index (Phi) is 5.37. The van der Waals surface area contributed by atoms with Crippen LogP contribution in [0.2, 0.25) is 0 Å². The molecule has 4 heteroatoms. The highest BCUT2D eigenvalue weighted by Crippen LogP contribution is 2.24. The first kappa shape index (κ1) is 15.0. The number of hydrogen-bond donors (Lipinski definition) is 1. The van der Waals surface area contributed by atoms with Crippen molar-refractivity contribution in [3.8, 4) is 6.07 Å². The van der Waals surface area contributed by atoms with Crippen molar-refractivity contribution in [1.29, 1.82) is 5.26 Å². The predicted octanol–water partition coefficient (Wildman–Crippen LogP) is 3.24. The summed E-state index contributed by atoms with van der Waals surface area (Å²) in [6.45, 7) is 6.25. The molecule has 4 nitrogen and oxygen atoms in total. The highest BCUT2D eigenvalue weighted by molar-refractivity contribution is 5.67. The van der Waals surface area contributed by atoms with E-state index >= 15 is 0 Å². The van der Waals surface area contributed by atoms with Gasteiger partial charge in [0.1, 0.15) is 6.10 Å². The van der Waals surface area contributed by atoms with E-state index < -0.39 is 12.2 Å². The van der Waals surface area contributed by atoms with Crippen LogP contribution in [0, 0.1) is 16.7 Å². The normalized spacial score (nSPS) is 12.3. The van der Waals surface area contributed by atoms with Crippen LogP contribution >= 0.6 is 0 Å². The summed E-state index contributed by atoms with van der Waals surface area (Å²) in [5.41, 5.74) is 0.756. The molecule has 1 aromatic carbocycles. The van der Waals surface area contributed by atoms with E-state index in [1.165, 1.54) is 0 Å². The van der Waals surface area contributed by atoms with E-state index in [-0.39, 0.29) is 11.8 Å². The maximum Gasteiger partial charge on any atom is 0.407 e. The Morgan fingerprint density at radius 3 is 2.53 bits per heavy atom. The van der Waals surface area contributed by atoms with Gasteiger partial charge in [0.05, 0.1) is 12.5 Å². The quantitative estimate of drug-likeness (QED) is 0.904. The molecule has 1 aromatic rings. The van der Waals surface area contributed by atoms with Crippen LogP contribution in [0.4, 0.5) is 4.79 Å². The fraction of sp³-hybridized carbons (Fsp3) is 0.467. The van der Waals surface area contributed by atoms with Crippen LogP contribution in [0.1, 0.15) is 32.8 Å². The Labute approximate surface area is 114 Å². The van der Waals surface area contributed by atoms with Gasteiger partial charge in [-0.3, -0.25) is 0 Å². The second-order valence-electron chi connectivity index (χ2n) is 5.46. The van der Waals surface area contributed by atoms with Crippen molar-refractivity contribution in [2.45, 2.75) is 39.8 Å². The van der Waals surface area contributed by atoms with Crippen LogP contribution < -0.4 is 5.32 Å². The zero-order valence-corrected chi connectivity index (χ0v) is 11.6. The number of amides is 1. The van der Waals surface area contributed by atoms with Gasteiger partial charge in [0.2, 0.25) is 0 Å². The summed E-state index contributed by atoms with van der Waals surface area (Å²) in [6.07, 6.45) is -0.699. The van der Waals surface area contributed by atoms with Gasteiger partial charge in [-0.25, -0.2) is 4.79 Å². The topological polar surface area (TPSA) is 62.1 Å². The van der Waals surface area contributed by atoms with Crippen molar-refractivity contribution in [2.24, 2.45) is 5.41 Å². The van der Waals surface area contributed by atoms with Crippen molar-refractivity contribution >= 4 is 6.09 Å². The van der Waals surface area contributed by atoms with Crippen LogP contribution in [0.5, 0.6) is 0 Å². The highest BCUT2D eigenvalue weighted by Gasteiger charge is 2.28. The molecular weight excluding hydrogens is 240 g/mol. The molecule has 0 aromatic heterocycles. The van der Waals surface area contributed by atoms with Gasteiger partial charge in [-0.2, -0.15) is 5.26 Å². The Morgan fingerprint density at radius 2 is 2.00 bits per heavy atom. The number of nitrogens with zero attached hydrogens (tertiary/aromatic N) is 1. The third kappa shape index (κ3) is 5.43. The van der Waals surface area contributed by atoms with Gasteiger partial charge >= 0.3 is 6.09 Å². The van der Waals surface area contributed by atoms with E-state index in [1.54, 1.807) is 0 Å². The van der Waals surface area contributed by atoms with E-state index in [0.29, 0.717) is 6.54 Å². The van der Waals surface area contributed by atoms with Crippen LogP contribution in [0.25, 0.3) is 0 Å². The maximum absolute atomic E-state index is 11.7. The number of rotatable bonds is 4. The zero-order chi connectivity index (χ0) is 14.3. The van der Waals surface area contributed by atoms with E-state index in [1.807, 2.05) is 57.2 Å². The number of carbonyl (C=O) groups excluding carboxylic acids is 1. The second kappa shape index (κ2) is 6.79. The molecule has 1 rings (SSSR count). The van der Waals surface area contributed by atoms with Crippen molar-refractivity contribution in [1.82, 2.24) is 5.32 Å². The molecular formula is C15H20N2O2. The summed E-state index contributed by atoms with van der Waals surface area (Å²) >= 11 is 0. The average Bonchev–Trinajstić information content (AvgIpc) is 2.36. The molecule has 0 aliphatic carbocycles. The van der Waals surface area contributed by atoms with E-state index in [4.69, 9.17) is 10.00 Å². The monoisotopic (exact) mass is 260 g/mol. The smallest absolute Gasteiger partial charge is 0.407 e. The molecule has 1 amide bonds. The first-order valence-corrected chi connectivity index (χ1v) is 6.29. The molecule has 0 radical (unpaired) electrons. The van der Waals surface area contributed by atoms with Crippen LogP contribution in [-0.2, 0) is 11.3 Å². The van der Waals surface area contributed by atoms with Crippen molar-refractivity contribution in [3.05, 3.63) is 35.9 Å². The van der Waals surface area contributed by atoms with Gasteiger partial charge in [-0.1, -0.05) is 51.1 Å². The van der Waals surface area contributed by atoms with Crippen LogP contribution in [0.3, 0.4) is 0 Å².